The highest BCUT2D eigenvalue weighted by Crippen LogP contribution is 2.35. The van der Waals surface area contributed by atoms with Gasteiger partial charge in [-0.05, 0) is 16.4 Å². The number of benzene rings is 1. The van der Waals surface area contributed by atoms with Crippen molar-refractivity contribution >= 4 is 34.3 Å². The number of esters is 2. The Hall–Kier alpha value is -3.54. The molecule has 1 aromatic heterocycles. The molecule has 0 amide bonds. The predicted molar refractivity (Wildman–Crippen MR) is 82.8 cm³/mol. The zero-order chi connectivity index (χ0) is 18.8. The maximum atomic E-state index is 12.3. The predicted octanol–water partition coefficient (Wildman–Crippen LogP) is 0.525. The Labute approximate surface area is 145 Å². The summed E-state index contributed by atoms with van der Waals surface area (Å²) in [6, 6.07) is 2.53. The maximum absolute atomic E-state index is 12.3. The summed E-state index contributed by atoms with van der Waals surface area (Å²) in [5.41, 5.74) is -0.373. The molecule has 12 heteroatoms. The minimum absolute atomic E-state index is 0.0234. The lowest BCUT2D eigenvalue weighted by atomic mass is 10.1. The molecule has 0 saturated carbocycles. The van der Waals surface area contributed by atoms with Gasteiger partial charge in [0.1, 0.15) is 12.4 Å². The van der Waals surface area contributed by atoms with Crippen molar-refractivity contribution in [2.45, 2.75) is 0 Å². The Kier molecular flexibility index (Phi) is 4.49. The number of nitro benzene ring substituents is 1. The number of hydrogen-bond donors (Lipinski definition) is 0. The molecule has 2 aromatic rings. The normalized spacial score (nSPS) is 14.5. The lowest BCUT2D eigenvalue weighted by Gasteiger charge is -2.31. The van der Waals surface area contributed by atoms with Crippen LogP contribution >= 0.6 is 0 Å². The third kappa shape index (κ3) is 2.71. The summed E-state index contributed by atoms with van der Waals surface area (Å²) in [6.45, 7) is -0.300. The van der Waals surface area contributed by atoms with E-state index < -0.39 is 16.9 Å². The summed E-state index contributed by atoms with van der Waals surface area (Å²) in [5, 5.41) is 18.3. The number of ether oxygens (including phenoxy) is 3. The van der Waals surface area contributed by atoms with Crippen LogP contribution in [0.25, 0.3) is 11.0 Å². The monoisotopic (exact) mass is 364 g/mol. The summed E-state index contributed by atoms with van der Waals surface area (Å²) in [5.74, 6) is -1.58. The Morgan fingerprint density at radius 3 is 2.54 bits per heavy atom. The smallest absolute Gasteiger partial charge is 0.355 e. The Morgan fingerprint density at radius 2 is 1.88 bits per heavy atom. The number of fused-ring (bicyclic) bond motifs is 1. The second-order valence-electron chi connectivity index (χ2n) is 5.04. The number of nitro groups is 1. The molecule has 0 fully saturated rings. The van der Waals surface area contributed by atoms with Crippen molar-refractivity contribution in [2.75, 3.05) is 32.5 Å². The number of aromatic nitrogens is 2. The van der Waals surface area contributed by atoms with Gasteiger partial charge in [-0.1, -0.05) is 0 Å². The first-order chi connectivity index (χ1) is 12.5. The number of hydrogen-bond acceptors (Lipinski definition) is 11. The van der Waals surface area contributed by atoms with Gasteiger partial charge in [-0.2, -0.15) is 0 Å². The van der Waals surface area contributed by atoms with Crippen molar-refractivity contribution in [1.29, 1.82) is 0 Å². The molecule has 0 unspecified atom stereocenters. The molecule has 0 aliphatic carbocycles. The summed E-state index contributed by atoms with van der Waals surface area (Å²) >= 11 is 0. The SMILES string of the molecule is COC(=O)C1=C(C(=O)OC)N(c2ccc([N+](=O)[O-])c3nonc23)COC1. The average Bonchev–Trinajstić information content (AvgIpc) is 3.14. The Balaban J connectivity index is 2.22. The third-order valence-corrected chi connectivity index (χ3v) is 3.69. The molecular formula is C14H12N4O8. The first-order valence-corrected chi connectivity index (χ1v) is 7.14. The van der Waals surface area contributed by atoms with Crippen molar-refractivity contribution in [3.05, 3.63) is 33.5 Å². The number of nitrogens with zero attached hydrogens (tertiary/aromatic N) is 4. The quantitative estimate of drug-likeness (QED) is 0.425. The molecule has 0 bridgehead atoms. The van der Waals surface area contributed by atoms with Crippen molar-refractivity contribution in [3.8, 4) is 0 Å². The second-order valence-corrected chi connectivity index (χ2v) is 5.04. The fourth-order valence-corrected chi connectivity index (χ4v) is 2.54. The van der Waals surface area contributed by atoms with E-state index in [0.29, 0.717) is 0 Å². The topological polar surface area (TPSA) is 147 Å². The molecule has 1 aliphatic rings. The standard InChI is InChI=1S/C14H12N4O8/c1-23-13(19)7-5-25-6-17(12(7)14(20)24-2)8-3-4-9(18(21)22)11-10(8)15-26-16-11/h3-4H,5-6H2,1-2H3. The van der Waals surface area contributed by atoms with E-state index in [9.17, 15) is 19.7 Å². The van der Waals surface area contributed by atoms with Crippen LogP contribution in [0.3, 0.4) is 0 Å². The van der Waals surface area contributed by atoms with Crippen LogP contribution < -0.4 is 4.90 Å². The van der Waals surface area contributed by atoms with Crippen LogP contribution in [0.1, 0.15) is 0 Å². The molecule has 0 saturated heterocycles. The number of rotatable bonds is 4. The molecule has 0 radical (unpaired) electrons. The zero-order valence-corrected chi connectivity index (χ0v) is 13.6. The molecule has 3 rings (SSSR count). The van der Waals surface area contributed by atoms with Gasteiger partial charge < -0.3 is 19.1 Å². The molecule has 0 spiro atoms. The van der Waals surface area contributed by atoms with E-state index >= 15 is 0 Å². The third-order valence-electron chi connectivity index (χ3n) is 3.69. The van der Waals surface area contributed by atoms with Crippen LogP contribution in [0.2, 0.25) is 0 Å². The first-order valence-electron chi connectivity index (χ1n) is 7.14. The van der Waals surface area contributed by atoms with E-state index in [1.54, 1.807) is 0 Å². The number of anilines is 1. The zero-order valence-electron chi connectivity index (χ0n) is 13.6. The summed E-state index contributed by atoms with van der Waals surface area (Å²) in [7, 11) is 2.32. The van der Waals surface area contributed by atoms with Crippen LogP contribution in [0.5, 0.6) is 0 Å². The Morgan fingerprint density at radius 1 is 1.19 bits per heavy atom. The number of methoxy groups -OCH3 is 2. The van der Waals surface area contributed by atoms with E-state index in [-0.39, 0.29) is 47.0 Å². The molecular weight excluding hydrogens is 352 g/mol. The van der Waals surface area contributed by atoms with Crippen molar-refractivity contribution in [1.82, 2.24) is 10.3 Å². The molecule has 2 heterocycles. The highest BCUT2D eigenvalue weighted by molar-refractivity contribution is 6.05. The first kappa shape index (κ1) is 17.3. The molecule has 1 aliphatic heterocycles. The van der Waals surface area contributed by atoms with Gasteiger partial charge in [0, 0.05) is 6.07 Å². The fraction of sp³-hybridized carbons (Fsp3) is 0.286. The Bertz CT molecular complexity index is 934. The molecule has 0 atom stereocenters. The number of carbonyl (C=O) groups excluding carboxylic acids is 2. The van der Waals surface area contributed by atoms with Gasteiger partial charge >= 0.3 is 17.6 Å². The minimum atomic E-state index is -0.809. The highest BCUT2D eigenvalue weighted by atomic mass is 16.6. The summed E-state index contributed by atoms with van der Waals surface area (Å²) < 4.78 is 19.4. The van der Waals surface area contributed by atoms with E-state index in [1.807, 2.05) is 0 Å². The van der Waals surface area contributed by atoms with Crippen LogP contribution in [0.4, 0.5) is 11.4 Å². The summed E-state index contributed by atoms with van der Waals surface area (Å²) in [4.78, 5) is 36.0. The minimum Gasteiger partial charge on any atom is -0.466 e. The lowest BCUT2D eigenvalue weighted by Crippen LogP contribution is -2.38. The highest BCUT2D eigenvalue weighted by Gasteiger charge is 2.34. The molecule has 12 nitrogen and oxygen atoms in total. The van der Waals surface area contributed by atoms with Crippen molar-refractivity contribution in [2.24, 2.45) is 0 Å². The van der Waals surface area contributed by atoms with E-state index in [4.69, 9.17) is 9.47 Å². The van der Waals surface area contributed by atoms with Gasteiger partial charge in [0.15, 0.2) is 5.52 Å². The van der Waals surface area contributed by atoms with Gasteiger partial charge in [0.25, 0.3) is 0 Å². The van der Waals surface area contributed by atoms with Crippen molar-refractivity contribution < 1.29 is 33.4 Å². The van der Waals surface area contributed by atoms with Crippen LogP contribution in [0.15, 0.2) is 28.0 Å². The summed E-state index contributed by atoms with van der Waals surface area (Å²) in [6.07, 6.45) is 0. The molecule has 136 valence electrons. The van der Waals surface area contributed by atoms with Gasteiger partial charge in [-0.3, -0.25) is 10.1 Å². The van der Waals surface area contributed by atoms with Crippen molar-refractivity contribution in [3.63, 3.8) is 0 Å². The van der Waals surface area contributed by atoms with Crippen LogP contribution in [0, 0.1) is 10.1 Å². The molecule has 1 aromatic carbocycles. The van der Waals surface area contributed by atoms with Crippen LogP contribution in [-0.2, 0) is 23.8 Å². The number of non-ortho nitro benzene ring substituents is 1. The van der Waals surface area contributed by atoms with Gasteiger partial charge in [0.05, 0.1) is 37.0 Å². The van der Waals surface area contributed by atoms with Gasteiger partial charge in [-0.25, -0.2) is 14.2 Å². The maximum Gasteiger partial charge on any atom is 0.355 e. The van der Waals surface area contributed by atoms with Gasteiger partial charge in [0.2, 0.25) is 5.52 Å². The second kappa shape index (κ2) is 6.76. The van der Waals surface area contributed by atoms with E-state index in [0.717, 1.165) is 14.2 Å². The van der Waals surface area contributed by atoms with E-state index in [1.165, 1.54) is 17.0 Å². The average molecular weight is 364 g/mol. The largest absolute Gasteiger partial charge is 0.466 e. The lowest BCUT2D eigenvalue weighted by molar-refractivity contribution is -0.383. The van der Waals surface area contributed by atoms with E-state index in [2.05, 4.69) is 19.7 Å². The molecule has 26 heavy (non-hydrogen) atoms. The fourth-order valence-electron chi connectivity index (χ4n) is 2.54. The molecule has 0 N–H and O–H groups in total. The van der Waals surface area contributed by atoms with Crippen LogP contribution in [-0.4, -0.2) is 54.7 Å². The number of carbonyl (C=O) groups is 2. The van der Waals surface area contributed by atoms with Gasteiger partial charge in [-0.15, -0.1) is 0 Å².